The molecule has 2 aromatic rings. The van der Waals surface area contributed by atoms with Crippen LogP contribution in [-0.4, -0.2) is 9.55 Å². The minimum atomic E-state index is 0.506. The molecule has 0 amide bonds. The predicted molar refractivity (Wildman–Crippen MR) is 59.2 cm³/mol. The van der Waals surface area contributed by atoms with Crippen LogP contribution in [0.2, 0.25) is 0 Å². The maximum atomic E-state index is 5.81. The number of rotatable bonds is 1. The number of anilines is 1. The fourth-order valence-electron chi connectivity index (χ4n) is 1.86. The van der Waals surface area contributed by atoms with Crippen molar-refractivity contribution in [2.24, 2.45) is 7.05 Å². The first kappa shape index (κ1) is 9.06. The molecule has 3 nitrogen and oxygen atoms in total. The fraction of sp³-hybridized carbons (Fsp3) is 0.364. The fourth-order valence-corrected chi connectivity index (χ4v) is 1.86. The van der Waals surface area contributed by atoms with Crippen molar-refractivity contribution in [2.45, 2.75) is 19.8 Å². The lowest BCUT2D eigenvalue weighted by atomic mass is 10.1. The van der Waals surface area contributed by atoms with Crippen molar-refractivity contribution in [1.29, 1.82) is 0 Å². The molecule has 3 heteroatoms. The van der Waals surface area contributed by atoms with E-state index in [1.807, 2.05) is 6.07 Å². The summed E-state index contributed by atoms with van der Waals surface area (Å²) in [5, 5.41) is 1.05. The number of nitrogens with two attached hydrogens (primary N) is 1. The molecule has 2 aromatic heterocycles. The molecule has 0 aliphatic heterocycles. The van der Waals surface area contributed by atoms with Crippen molar-refractivity contribution in [2.75, 3.05) is 5.73 Å². The number of hydrogen-bond donors (Lipinski definition) is 1. The molecule has 74 valence electrons. The van der Waals surface area contributed by atoms with Gasteiger partial charge in [-0.15, -0.1) is 0 Å². The van der Waals surface area contributed by atoms with E-state index in [0.29, 0.717) is 11.7 Å². The van der Waals surface area contributed by atoms with E-state index in [2.05, 4.69) is 36.5 Å². The van der Waals surface area contributed by atoms with Crippen LogP contribution in [-0.2, 0) is 7.05 Å². The molecule has 0 fully saturated rings. The molecule has 0 saturated heterocycles. The summed E-state index contributed by atoms with van der Waals surface area (Å²) in [6, 6.07) is 4.12. The Bertz CT molecular complexity index is 469. The van der Waals surface area contributed by atoms with E-state index in [0.717, 1.165) is 10.9 Å². The van der Waals surface area contributed by atoms with Gasteiger partial charge in [0.05, 0.1) is 5.52 Å². The van der Waals surface area contributed by atoms with Gasteiger partial charge in [-0.3, -0.25) is 0 Å². The summed E-state index contributed by atoms with van der Waals surface area (Å²) >= 11 is 0. The number of aryl methyl sites for hydroxylation is 1. The maximum Gasteiger partial charge on any atom is 0.132 e. The van der Waals surface area contributed by atoms with Gasteiger partial charge in [0.1, 0.15) is 5.82 Å². The molecule has 0 unspecified atom stereocenters. The van der Waals surface area contributed by atoms with E-state index in [4.69, 9.17) is 5.73 Å². The third kappa shape index (κ3) is 1.16. The van der Waals surface area contributed by atoms with Gasteiger partial charge in [0.15, 0.2) is 0 Å². The molecule has 0 saturated carbocycles. The average Bonchev–Trinajstić information content (AvgIpc) is 2.46. The summed E-state index contributed by atoms with van der Waals surface area (Å²) in [5.74, 6) is 1.12. The Kier molecular flexibility index (Phi) is 1.95. The zero-order valence-electron chi connectivity index (χ0n) is 8.78. The number of nitrogens with zero attached hydrogens (tertiary/aromatic N) is 2. The summed E-state index contributed by atoms with van der Waals surface area (Å²) in [5.41, 5.74) is 8.26. The molecule has 14 heavy (non-hydrogen) atoms. The van der Waals surface area contributed by atoms with Gasteiger partial charge in [-0.25, -0.2) is 4.98 Å². The van der Waals surface area contributed by atoms with E-state index in [9.17, 15) is 0 Å². The minimum absolute atomic E-state index is 0.506. The molecule has 2 N–H and O–H groups in total. The van der Waals surface area contributed by atoms with Crippen molar-refractivity contribution in [3.63, 3.8) is 0 Å². The molecule has 2 rings (SSSR count). The topological polar surface area (TPSA) is 43.8 Å². The molecule has 0 radical (unpaired) electrons. The van der Waals surface area contributed by atoms with Crippen molar-refractivity contribution >= 4 is 16.7 Å². The Hall–Kier alpha value is -1.51. The van der Waals surface area contributed by atoms with E-state index >= 15 is 0 Å². The minimum Gasteiger partial charge on any atom is -0.383 e. The van der Waals surface area contributed by atoms with E-state index < -0.39 is 0 Å². The van der Waals surface area contributed by atoms with Crippen LogP contribution >= 0.6 is 0 Å². The van der Waals surface area contributed by atoms with Gasteiger partial charge < -0.3 is 10.3 Å². The zero-order chi connectivity index (χ0) is 10.3. The molecule has 0 aliphatic rings. The highest BCUT2D eigenvalue weighted by molar-refractivity contribution is 5.90. The second kappa shape index (κ2) is 3.01. The SMILES string of the molecule is CC(C)c1cc2c(N)nccc2n1C. The van der Waals surface area contributed by atoms with Crippen molar-refractivity contribution in [3.8, 4) is 0 Å². The molecular weight excluding hydrogens is 174 g/mol. The van der Waals surface area contributed by atoms with Crippen LogP contribution in [0, 0.1) is 0 Å². The first-order valence-corrected chi connectivity index (χ1v) is 4.81. The third-order valence-corrected chi connectivity index (χ3v) is 2.63. The Morgan fingerprint density at radius 2 is 2.14 bits per heavy atom. The molecule has 0 bridgehead atoms. The molecular formula is C11H15N3. The number of hydrogen-bond acceptors (Lipinski definition) is 2. The second-order valence-electron chi connectivity index (χ2n) is 3.91. The van der Waals surface area contributed by atoms with Gasteiger partial charge in [-0.05, 0) is 18.1 Å². The molecule has 2 heterocycles. The summed E-state index contributed by atoms with van der Waals surface area (Å²) in [7, 11) is 2.07. The van der Waals surface area contributed by atoms with Gasteiger partial charge in [0.2, 0.25) is 0 Å². The highest BCUT2D eigenvalue weighted by Gasteiger charge is 2.10. The number of aromatic nitrogens is 2. The van der Waals surface area contributed by atoms with E-state index in [-0.39, 0.29) is 0 Å². The van der Waals surface area contributed by atoms with Gasteiger partial charge in [-0.1, -0.05) is 13.8 Å². The van der Waals surface area contributed by atoms with Crippen LogP contribution in [0.15, 0.2) is 18.3 Å². The van der Waals surface area contributed by atoms with Gasteiger partial charge in [0.25, 0.3) is 0 Å². The quantitative estimate of drug-likeness (QED) is 0.748. The Morgan fingerprint density at radius 1 is 1.43 bits per heavy atom. The van der Waals surface area contributed by atoms with Crippen LogP contribution in [0.5, 0.6) is 0 Å². The number of fused-ring (bicyclic) bond motifs is 1. The lowest BCUT2D eigenvalue weighted by Crippen LogP contribution is -1.97. The smallest absolute Gasteiger partial charge is 0.132 e. The van der Waals surface area contributed by atoms with Gasteiger partial charge in [0, 0.05) is 24.3 Å². The van der Waals surface area contributed by atoms with Crippen molar-refractivity contribution in [1.82, 2.24) is 9.55 Å². The standard InChI is InChI=1S/C11H15N3/c1-7(2)10-6-8-9(14(10)3)4-5-13-11(8)12/h4-7H,1-3H3,(H2,12,13). The van der Waals surface area contributed by atoms with Crippen molar-refractivity contribution in [3.05, 3.63) is 24.0 Å². The lowest BCUT2D eigenvalue weighted by Gasteiger charge is -2.06. The van der Waals surface area contributed by atoms with Crippen LogP contribution in [0.3, 0.4) is 0 Å². The highest BCUT2D eigenvalue weighted by Crippen LogP contribution is 2.26. The summed E-state index contributed by atoms with van der Waals surface area (Å²) < 4.78 is 2.18. The molecule has 0 aliphatic carbocycles. The molecule has 0 spiro atoms. The van der Waals surface area contributed by atoms with Crippen LogP contribution in [0.25, 0.3) is 10.9 Å². The maximum absolute atomic E-state index is 5.81. The molecule has 0 atom stereocenters. The van der Waals surface area contributed by atoms with Gasteiger partial charge >= 0.3 is 0 Å². The number of pyridine rings is 1. The van der Waals surface area contributed by atoms with Crippen LogP contribution in [0.1, 0.15) is 25.5 Å². The summed E-state index contributed by atoms with van der Waals surface area (Å²) in [6.45, 7) is 4.36. The van der Waals surface area contributed by atoms with E-state index in [1.54, 1.807) is 6.20 Å². The first-order chi connectivity index (χ1) is 6.61. The third-order valence-electron chi connectivity index (χ3n) is 2.63. The van der Waals surface area contributed by atoms with Crippen LogP contribution < -0.4 is 5.73 Å². The Balaban J connectivity index is 2.80. The summed E-state index contributed by atoms with van der Waals surface area (Å²) in [6.07, 6.45) is 1.75. The Morgan fingerprint density at radius 3 is 2.71 bits per heavy atom. The lowest BCUT2D eigenvalue weighted by molar-refractivity contribution is 0.755. The number of nitrogen functional groups attached to an aromatic ring is 1. The largest absolute Gasteiger partial charge is 0.383 e. The predicted octanol–water partition coefficient (Wildman–Crippen LogP) is 2.28. The monoisotopic (exact) mass is 189 g/mol. The van der Waals surface area contributed by atoms with E-state index in [1.165, 1.54) is 5.69 Å². The van der Waals surface area contributed by atoms with Gasteiger partial charge in [-0.2, -0.15) is 0 Å². The molecule has 0 aromatic carbocycles. The summed E-state index contributed by atoms with van der Waals surface area (Å²) in [4.78, 5) is 4.09. The average molecular weight is 189 g/mol. The highest BCUT2D eigenvalue weighted by atomic mass is 15.0. The zero-order valence-corrected chi connectivity index (χ0v) is 8.78. The van der Waals surface area contributed by atoms with Crippen LogP contribution in [0.4, 0.5) is 5.82 Å². The Labute approximate surface area is 83.6 Å². The second-order valence-corrected chi connectivity index (χ2v) is 3.91. The first-order valence-electron chi connectivity index (χ1n) is 4.81. The van der Waals surface area contributed by atoms with Crippen molar-refractivity contribution < 1.29 is 0 Å². The normalized spacial score (nSPS) is 11.4.